The summed E-state index contributed by atoms with van der Waals surface area (Å²) in [6, 6.07) is -0.198. The Morgan fingerprint density at radius 3 is 2.53 bits per heavy atom. The van der Waals surface area contributed by atoms with E-state index in [1.165, 1.54) is 0 Å². The van der Waals surface area contributed by atoms with Gasteiger partial charge in [-0.1, -0.05) is 6.92 Å². The third-order valence-electron chi connectivity index (χ3n) is 3.10. The van der Waals surface area contributed by atoms with Gasteiger partial charge in [-0.05, 0) is 19.8 Å². The third kappa shape index (κ3) is 4.56. The molecule has 0 radical (unpaired) electrons. The van der Waals surface area contributed by atoms with E-state index in [1.807, 2.05) is 0 Å². The molecule has 0 amide bonds. The van der Waals surface area contributed by atoms with E-state index in [-0.39, 0.29) is 28.6 Å². The van der Waals surface area contributed by atoms with Crippen LogP contribution in [0.5, 0.6) is 0 Å². The lowest BCUT2D eigenvalue weighted by atomic mass is 10.2. The Bertz CT molecular complexity index is 441. The maximum Gasteiger partial charge on any atom is 0.154 e. The first-order chi connectivity index (χ1) is 7.77. The molecule has 1 fully saturated rings. The molecular formula is C10H21NO4S2. The Balaban J connectivity index is 2.41. The zero-order valence-corrected chi connectivity index (χ0v) is 12.0. The van der Waals surface area contributed by atoms with Gasteiger partial charge < -0.3 is 5.32 Å². The van der Waals surface area contributed by atoms with Crippen LogP contribution in [0.2, 0.25) is 0 Å². The lowest BCUT2D eigenvalue weighted by Crippen LogP contribution is -2.39. The van der Waals surface area contributed by atoms with Crippen molar-refractivity contribution in [2.24, 2.45) is 0 Å². The molecule has 0 aromatic heterocycles. The molecule has 1 aliphatic heterocycles. The average Bonchev–Trinajstić information content (AvgIpc) is 2.54. The molecule has 0 saturated carbocycles. The summed E-state index contributed by atoms with van der Waals surface area (Å²) < 4.78 is 45.9. The van der Waals surface area contributed by atoms with Gasteiger partial charge in [-0.3, -0.25) is 0 Å². The normalized spacial score (nSPS) is 25.9. The molecule has 1 heterocycles. The van der Waals surface area contributed by atoms with Gasteiger partial charge in [0.25, 0.3) is 0 Å². The lowest BCUT2D eigenvalue weighted by molar-refractivity contribution is 0.537. The van der Waals surface area contributed by atoms with E-state index in [1.54, 1.807) is 13.8 Å². The summed E-state index contributed by atoms with van der Waals surface area (Å²) in [5.41, 5.74) is 0. The van der Waals surface area contributed by atoms with Gasteiger partial charge in [-0.2, -0.15) is 0 Å². The fourth-order valence-corrected chi connectivity index (χ4v) is 4.87. The minimum absolute atomic E-state index is 0.0657. The molecule has 1 aliphatic rings. The van der Waals surface area contributed by atoms with E-state index in [9.17, 15) is 16.8 Å². The fourth-order valence-electron chi connectivity index (χ4n) is 1.98. The molecule has 0 aliphatic carbocycles. The predicted octanol–water partition coefficient (Wildman–Crippen LogP) is -0.0236. The Labute approximate surface area is 104 Å². The smallest absolute Gasteiger partial charge is 0.154 e. The molecule has 5 nitrogen and oxygen atoms in total. The van der Waals surface area contributed by atoms with Crippen LogP contribution in [0.3, 0.4) is 0 Å². The number of hydrogen-bond donors (Lipinski definition) is 1. The van der Waals surface area contributed by atoms with Crippen LogP contribution in [0.4, 0.5) is 0 Å². The summed E-state index contributed by atoms with van der Waals surface area (Å²) in [7, 11) is -5.95. The van der Waals surface area contributed by atoms with Gasteiger partial charge in [0.1, 0.15) is 0 Å². The minimum Gasteiger partial charge on any atom is -0.312 e. The largest absolute Gasteiger partial charge is 0.312 e. The molecule has 0 aromatic carbocycles. The molecule has 1 N–H and O–H groups in total. The molecule has 1 rings (SSSR count). The first-order valence-corrected chi connectivity index (χ1v) is 9.46. The predicted molar refractivity (Wildman–Crippen MR) is 68.6 cm³/mol. The van der Waals surface area contributed by atoms with E-state index >= 15 is 0 Å². The molecule has 0 aromatic rings. The zero-order chi connectivity index (χ0) is 13.1. The highest BCUT2D eigenvalue weighted by molar-refractivity contribution is 7.92. The Hall–Kier alpha value is -0.140. The maximum absolute atomic E-state index is 11.6. The minimum atomic E-state index is -3.01. The van der Waals surface area contributed by atoms with Crippen LogP contribution in [-0.4, -0.2) is 51.9 Å². The van der Waals surface area contributed by atoms with Crippen LogP contribution in [0, 0.1) is 0 Å². The van der Waals surface area contributed by atoms with Crippen molar-refractivity contribution in [3.63, 3.8) is 0 Å². The molecule has 2 atom stereocenters. The van der Waals surface area contributed by atoms with Crippen molar-refractivity contribution in [2.75, 3.05) is 23.8 Å². The van der Waals surface area contributed by atoms with E-state index < -0.39 is 19.7 Å². The van der Waals surface area contributed by atoms with Crippen molar-refractivity contribution in [1.29, 1.82) is 0 Å². The standard InChI is InChI=1S/C10H21NO4S2/c1-3-16(12,13)8-9(2)11-7-10-5-4-6-17(10,14)15/h9-11H,3-8H2,1-2H3. The van der Waals surface area contributed by atoms with E-state index in [2.05, 4.69) is 5.32 Å². The summed E-state index contributed by atoms with van der Waals surface area (Å²) in [6.45, 7) is 3.75. The quantitative estimate of drug-likeness (QED) is 0.741. The number of hydrogen-bond acceptors (Lipinski definition) is 5. The lowest BCUT2D eigenvalue weighted by Gasteiger charge is -2.16. The molecule has 17 heavy (non-hydrogen) atoms. The van der Waals surface area contributed by atoms with Crippen molar-refractivity contribution >= 4 is 19.7 Å². The number of nitrogens with one attached hydrogen (secondary N) is 1. The summed E-state index contributed by atoms with van der Waals surface area (Å²) in [4.78, 5) is 0. The Morgan fingerprint density at radius 2 is 2.06 bits per heavy atom. The van der Waals surface area contributed by atoms with Crippen molar-refractivity contribution in [1.82, 2.24) is 5.32 Å². The zero-order valence-electron chi connectivity index (χ0n) is 10.3. The van der Waals surface area contributed by atoms with Gasteiger partial charge >= 0.3 is 0 Å². The van der Waals surface area contributed by atoms with Gasteiger partial charge in [0.2, 0.25) is 0 Å². The summed E-state index contributed by atoms with van der Waals surface area (Å²) in [5.74, 6) is 0.456. The summed E-state index contributed by atoms with van der Waals surface area (Å²) >= 11 is 0. The molecule has 0 bridgehead atoms. The van der Waals surface area contributed by atoms with Crippen molar-refractivity contribution in [2.45, 2.75) is 38.0 Å². The number of sulfone groups is 2. The van der Waals surface area contributed by atoms with Crippen molar-refractivity contribution in [3.8, 4) is 0 Å². The average molecular weight is 283 g/mol. The highest BCUT2D eigenvalue weighted by Gasteiger charge is 2.31. The SMILES string of the molecule is CCS(=O)(=O)CC(C)NCC1CCCS1(=O)=O. The van der Waals surface area contributed by atoms with Crippen LogP contribution < -0.4 is 5.32 Å². The van der Waals surface area contributed by atoms with Gasteiger partial charge in [0.15, 0.2) is 19.7 Å². The molecule has 102 valence electrons. The van der Waals surface area contributed by atoms with E-state index in [4.69, 9.17) is 0 Å². The van der Waals surface area contributed by atoms with Gasteiger partial charge in [-0.15, -0.1) is 0 Å². The first-order valence-electron chi connectivity index (χ1n) is 5.92. The van der Waals surface area contributed by atoms with Gasteiger partial charge in [0.05, 0.1) is 16.8 Å². The molecule has 7 heteroatoms. The summed E-state index contributed by atoms with van der Waals surface area (Å²) in [5, 5.41) is 2.67. The highest BCUT2D eigenvalue weighted by Crippen LogP contribution is 2.19. The van der Waals surface area contributed by atoms with Crippen molar-refractivity contribution < 1.29 is 16.8 Å². The summed E-state index contributed by atoms with van der Waals surface area (Å²) in [6.07, 6.45) is 1.40. The molecule has 1 saturated heterocycles. The Kier molecular flexibility index (Phi) is 4.97. The van der Waals surface area contributed by atoms with Gasteiger partial charge in [0, 0.05) is 18.3 Å². The fraction of sp³-hybridized carbons (Fsp3) is 1.00. The first kappa shape index (κ1) is 14.9. The van der Waals surface area contributed by atoms with Crippen molar-refractivity contribution in [3.05, 3.63) is 0 Å². The van der Waals surface area contributed by atoms with Crippen LogP contribution in [0.25, 0.3) is 0 Å². The third-order valence-corrected chi connectivity index (χ3v) is 7.26. The van der Waals surface area contributed by atoms with Crippen LogP contribution in [-0.2, 0) is 19.7 Å². The van der Waals surface area contributed by atoms with Crippen LogP contribution in [0.1, 0.15) is 26.7 Å². The van der Waals surface area contributed by atoms with E-state index in [0.717, 1.165) is 6.42 Å². The molecule has 0 spiro atoms. The van der Waals surface area contributed by atoms with Crippen LogP contribution >= 0.6 is 0 Å². The Morgan fingerprint density at radius 1 is 1.41 bits per heavy atom. The maximum atomic E-state index is 11.6. The van der Waals surface area contributed by atoms with Gasteiger partial charge in [-0.25, -0.2) is 16.8 Å². The van der Waals surface area contributed by atoms with Crippen LogP contribution in [0.15, 0.2) is 0 Å². The molecule has 2 unspecified atom stereocenters. The molecular weight excluding hydrogens is 262 g/mol. The second-order valence-corrected chi connectivity index (χ2v) is 9.44. The van der Waals surface area contributed by atoms with E-state index in [0.29, 0.717) is 13.0 Å². The monoisotopic (exact) mass is 283 g/mol. The number of rotatable bonds is 6. The second kappa shape index (κ2) is 5.67. The highest BCUT2D eigenvalue weighted by atomic mass is 32.2. The topological polar surface area (TPSA) is 80.3 Å². The second-order valence-electron chi connectivity index (χ2n) is 4.64.